The van der Waals surface area contributed by atoms with Crippen LogP contribution in [0.15, 0.2) is 30.5 Å². The summed E-state index contributed by atoms with van der Waals surface area (Å²) in [4.78, 5) is 8.89. The third-order valence-corrected chi connectivity index (χ3v) is 4.74. The number of anilines is 1. The van der Waals surface area contributed by atoms with Gasteiger partial charge >= 0.3 is 0 Å². The molecule has 3 rings (SSSR count). The van der Waals surface area contributed by atoms with Crippen molar-refractivity contribution in [1.29, 1.82) is 0 Å². The average Bonchev–Trinajstić information content (AvgIpc) is 3.01. The maximum absolute atomic E-state index is 10.9. The molecule has 0 radical (unpaired) electrons. The predicted octanol–water partition coefficient (Wildman–Crippen LogP) is 3.53. The van der Waals surface area contributed by atoms with E-state index in [1.165, 1.54) is 25.7 Å². The molecule has 23 heavy (non-hydrogen) atoms. The SMILES string of the molecule is Cc1ncc(-c2ccc(CS(=O)O)cc2)c(NC2CCCC2)n1. The van der Waals surface area contributed by atoms with E-state index in [9.17, 15) is 4.21 Å². The van der Waals surface area contributed by atoms with Gasteiger partial charge in [0.25, 0.3) is 0 Å². The summed E-state index contributed by atoms with van der Waals surface area (Å²) in [5, 5.41) is 3.56. The highest BCUT2D eigenvalue weighted by Gasteiger charge is 2.17. The van der Waals surface area contributed by atoms with Crippen LogP contribution in [0.3, 0.4) is 0 Å². The van der Waals surface area contributed by atoms with E-state index in [4.69, 9.17) is 4.55 Å². The fourth-order valence-electron chi connectivity index (χ4n) is 2.98. The van der Waals surface area contributed by atoms with E-state index in [1.807, 2.05) is 37.4 Å². The number of nitrogens with one attached hydrogen (secondary N) is 1. The van der Waals surface area contributed by atoms with Crippen LogP contribution < -0.4 is 5.32 Å². The van der Waals surface area contributed by atoms with E-state index in [2.05, 4.69) is 15.3 Å². The fourth-order valence-corrected chi connectivity index (χ4v) is 3.46. The van der Waals surface area contributed by atoms with Gasteiger partial charge in [-0.05, 0) is 30.9 Å². The van der Waals surface area contributed by atoms with Crippen LogP contribution >= 0.6 is 0 Å². The second-order valence-electron chi connectivity index (χ2n) is 5.97. The van der Waals surface area contributed by atoms with E-state index in [0.29, 0.717) is 6.04 Å². The highest BCUT2D eigenvalue weighted by Crippen LogP contribution is 2.29. The molecule has 1 aromatic heterocycles. The molecule has 6 heteroatoms. The largest absolute Gasteiger partial charge is 0.367 e. The zero-order valence-corrected chi connectivity index (χ0v) is 14.0. The lowest BCUT2D eigenvalue weighted by atomic mass is 10.1. The number of aryl methyl sites for hydroxylation is 1. The van der Waals surface area contributed by atoms with E-state index in [-0.39, 0.29) is 5.75 Å². The first-order valence-electron chi connectivity index (χ1n) is 7.89. The molecule has 5 nitrogen and oxygen atoms in total. The Labute approximate surface area is 138 Å². The number of aromatic nitrogens is 2. The molecule has 0 bridgehead atoms. The zero-order valence-electron chi connectivity index (χ0n) is 13.2. The average molecular weight is 331 g/mol. The molecule has 2 aromatic rings. The van der Waals surface area contributed by atoms with Gasteiger partial charge in [0.1, 0.15) is 11.6 Å². The topological polar surface area (TPSA) is 75.1 Å². The van der Waals surface area contributed by atoms with Crippen LogP contribution in [0.4, 0.5) is 5.82 Å². The van der Waals surface area contributed by atoms with E-state index in [0.717, 1.165) is 28.3 Å². The highest BCUT2D eigenvalue weighted by atomic mass is 32.2. The molecule has 122 valence electrons. The van der Waals surface area contributed by atoms with Crippen molar-refractivity contribution in [2.24, 2.45) is 0 Å². The number of benzene rings is 1. The van der Waals surface area contributed by atoms with Crippen LogP contribution in [-0.2, 0) is 16.8 Å². The summed E-state index contributed by atoms with van der Waals surface area (Å²) in [6, 6.07) is 8.15. The second-order valence-corrected chi connectivity index (χ2v) is 6.90. The molecule has 0 saturated heterocycles. The van der Waals surface area contributed by atoms with Crippen LogP contribution in [0.5, 0.6) is 0 Å². The third-order valence-electron chi connectivity index (χ3n) is 4.16. The zero-order chi connectivity index (χ0) is 16.2. The molecule has 1 aromatic carbocycles. The Kier molecular flexibility index (Phi) is 5.03. The molecule has 0 aliphatic heterocycles. The summed E-state index contributed by atoms with van der Waals surface area (Å²) in [7, 11) is 0. The van der Waals surface area contributed by atoms with Crippen molar-refractivity contribution in [3.63, 3.8) is 0 Å². The van der Waals surface area contributed by atoms with Crippen LogP contribution in [0, 0.1) is 6.92 Å². The molecule has 1 aliphatic rings. The molecular weight excluding hydrogens is 310 g/mol. The summed E-state index contributed by atoms with van der Waals surface area (Å²) >= 11 is -1.82. The summed E-state index contributed by atoms with van der Waals surface area (Å²) in [6.07, 6.45) is 6.75. The number of hydrogen-bond acceptors (Lipinski definition) is 4. The molecule has 1 heterocycles. The van der Waals surface area contributed by atoms with Crippen LogP contribution in [0.2, 0.25) is 0 Å². The summed E-state index contributed by atoms with van der Waals surface area (Å²) < 4.78 is 19.9. The van der Waals surface area contributed by atoms with Crippen LogP contribution in [0.1, 0.15) is 37.1 Å². The Morgan fingerprint density at radius 3 is 2.61 bits per heavy atom. The Morgan fingerprint density at radius 1 is 1.26 bits per heavy atom. The maximum Gasteiger partial charge on any atom is 0.157 e. The van der Waals surface area contributed by atoms with Gasteiger partial charge in [-0.1, -0.05) is 37.1 Å². The van der Waals surface area contributed by atoms with Crippen molar-refractivity contribution in [2.45, 2.75) is 44.4 Å². The monoisotopic (exact) mass is 331 g/mol. The lowest BCUT2D eigenvalue weighted by Crippen LogP contribution is -2.16. The molecule has 2 N–H and O–H groups in total. The fraction of sp³-hybridized carbons (Fsp3) is 0.412. The minimum absolute atomic E-state index is 0.151. The van der Waals surface area contributed by atoms with Crippen LogP contribution in [-0.4, -0.2) is 24.8 Å². The molecule has 0 spiro atoms. The molecule has 1 fully saturated rings. The highest BCUT2D eigenvalue weighted by molar-refractivity contribution is 7.78. The minimum Gasteiger partial charge on any atom is -0.367 e. The van der Waals surface area contributed by atoms with Crippen LogP contribution in [0.25, 0.3) is 11.1 Å². The van der Waals surface area contributed by atoms with Crippen molar-refractivity contribution in [3.05, 3.63) is 41.9 Å². The normalized spacial score (nSPS) is 16.4. The first kappa shape index (κ1) is 16.1. The summed E-state index contributed by atoms with van der Waals surface area (Å²) in [5.41, 5.74) is 2.82. The maximum atomic E-state index is 10.9. The predicted molar refractivity (Wildman–Crippen MR) is 92.6 cm³/mol. The smallest absolute Gasteiger partial charge is 0.157 e. The van der Waals surface area contributed by atoms with Gasteiger partial charge in [-0.25, -0.2) is 14.2 Å². The van der Waals surface area contributed by atoms with Gasteiger partial charge in [0.05, 0.1) is 5.75 Å². The standard InChI is InChI=1S/C17H21N3O2S/c1-12-18-10-16(17(19-12)20-15-4-2-3-5-15)14-8-6-13(7-9-14)11-23(21)22/h6-10,15H,2-5,11H2,1H3,(H,21,22)(H,18,19,20). The van der Waals surface area contributed by atoms with E-state index >= 15 is 0 Å². The van der Waals surface area contributed by atoms with Crippen molar-refractivity contribution in [1.82, 2.24) is 9.97 Å². The Morgan fingerprint density at radius 2 is 1.96 bits per heavy atom. The molecule has 1 saturated carbocycles. The van der Waals surface area contributed by atoms with E-state index < -0.39 is 11.1 Å². The van der Waals surface area contributed by atoms with E-state index in [1.54, 1.807) is 0 Å². The number of nitrogens with zero attached hydrogens (tertiary/aromatic N) is 2. The summed E-state index contributed by atoms with van der Waals surface area (Å²) in [5.74, 6) is 1.78. The quantitative estimate of drug-likeness (QED) is 0.820. The van der Waals surface area contributed by atoms with Crippen molar-refractivity contribution < 1.29 is 8.76 Å². The van der Waals surface area contributed by atoms with Gasteiger partial charge in [0.2, 0.25) is 0 Å². The number of rotatable bonds is 5. The first-order valence-corrected chi connectivity index (χ1v) is 9.16. The second kappa shape index (κ2) is 7.19. The molecular formula is C17H21N3O2S. The number of hydrogen-bond donors (Lipinski definition) is 2. The van der Waals surface area contributed by atoms with Gasteiger partial charge in [0, 0.05) is 17.8 Å². The molecule has 1 atom stereocenters. The van der Waals surface area contributed by atoms with Gasteiger partial charge in [-0.2, -0.15) is 0 Å². The van der Waals surface area contributed by atoms with Crippen molar-refractivity contribution >= 4 is 16.9 Å². The summed E-state index contributed by atoms with van der Waals surface area (Å²) in [6.45, 7) is 1.89. The van der Waals surface area contributed by atoms with Gasteiger partial charge in [-0.15, -0.1) is 0 Å². The van der Waals surface area contributed by atoms with Crippen molar-refractivity contribution in [3.8, 4) is 11.1 Å². The molecule has 1 aliphatic carbocycles. The third kappa shape index (κ3) is 4.14. The van der Waals surface area contributed by atoms with Gasteiger partial charge in [-0.3, -0.25) is 0 Å². The molecule has 0 amide bonds. The lowest BCUT2D eigenvalue weighted by Gasteiger charge is -2.16. The molecule has 1 unspecified atom stereocenters. The minimum atomic E-state index is -1.82. The Hall–Kier alpha value is -1.79. The Balaban J connectivity index is 1.87. The first-order chi connectivity index (χ1) is 11.1. The van der Waals surface area contributed by atoms with Gasteiger partial charge in [0.15, 0.2) is 11.1 Å². The Bertz CT molecular complexity index is 697. The lowest BCUT2D eigenvalue weighted by molar-refractivity contribution is 0.563. The van der Waals surface area contributed by atoms with Gasteiger partial charge < -0.3 is 9.87 Å². The van der Waals surface area contributed by atoms with Crippen molar-refractivity contribution in [2.75, 3.05) is 5.32 Å².